The average Bonchev–Trinajstić information content (AvgIpc) is 2.62. The smallest absolute Gasteiger partial charge is 0.331 e. The molecule has 0 fully saturated rings. The van der Waals surface area contributed by atoms with Crippen molar-refractivity contribution in [1.29, 1.82) is 0 Å². The zero-order valence-electron chi connectivity index (χ0n) is 13.7. The van der Waals surface area contributed by atoms with Gasteiger partial charge in [-0.2, -0.15) is 0 Å². The van der Waals surface area contributed by atoms with Gasteiger partial charge in [0.2, 0.25) is 0 Å². The molecule has 2 aromatic carbocycles. The molecule has 1 unspecified atom stereocenters. The number of amides is 1. The Hall–Kier alpha value is -3.19. The van der Waals surface area contributed by atoms with Gasteiger partial charge in [0.25, 0.3) is 11.6 Å². The Kier molecular flexibility index (Phi) is 6.46. The number of rotatable bonds is 6. The number of anilines is 1. The summed E-state index contributed by atoms with van der Waals surface area (Å²) in [5.74, 6) is -1.28. The Morgan fingerprint density at radius 2 is 1.92 bits per heavy atom. The first kappa shape index (κ1) is 19.1. The van der Waals surface area contributed by atoms with E-state index in [2.05, 4.69) is 5.32 Å². The molecule has 0 aliphatic heterocycles. The van der Waals surface area contributed by atoms with Gasteiger partial charge in [0, 0.05) is 18.2 Å². The minimum Gasteiger partial charge on any atom is -0.449 e. The van der Waals surface area contributed by atoms with Crippen molar-refractivity contribution in [3.05, 3.63) is 75.3 Å². The molecule has 0 aromatic heterocycles. The van der Waals surface area contributed by atoms with E-state index in [0.717, 1.165) is 11.6 Å². The van der Waals surface area contributed by atoms with Crippen LogP contribution < -0.4 is 5.32 Å². The number of ether oxygens (including phenoxy) is 1. The standard InChI is InChI=1S/C18H15ClN2O5/c1-12(26-17(22)10-7-13-5-3-2-4-6-13)18(23)20-16-9-8-14(21(24)25)11-15(16)19/h2-12H,1H3,(H,20,23)/b10-7+. The predicted octanol–water partition coefficient (Wildman–Crippen LogP) is 3.83. The van der Waals surface area contributed by atoms with Crippen LogP contribution in [-0.2, 0) is 14.3 Å². The van der Waals surface area contributed by atoms with Crippen LogP contribution in [0.2, 0.25) is 5.02 Å². The van der Waals surface area contributed by atoms with Gasteiger partial charge in [-0.15, -0.1) is 0 Å². The van der Waals surface area contributed by atoms with Crippen molar-refractivity contribution in [2.45, 2.75) is 13.0 Å². The van der Waals surface area contributed by atoms with Crippen LogP contribution in [0.3, 0.4) is 0 Å². The maximum atomic E-state index is 12.1. The highest BCUT2D eigenvalue weighted by atomic mass is 35.5. The molecule has 0 bridgehead atoms. The molecule has 1 amide bonds. The van der Waals surface area contributed by atoms with E-state index in [1.165, 1.54) is 25.1 Å². The van der Waals surface area contributed by atoms with Gasteiger partial charge in [0.15, 0.2) is 6.10 Å². The number of hydrogen-bond donors (Lipinski definition) is 1. The maximum Gasteiger partial charge on any atom is 0.331 e. The van der Waals surface area contributed by atoms with Crippen LogP contribution in [0.1, 0.15) is 12.5 Å². The number of nitro groups is 1. The van der Waals surface area contributed by atoms with Crippen molar-refractivity contribution in [1.82, 2.24) is 0 Å². The second-order valence-corrected chi connectivity index (χ2v) is 5.64. The molecule has 8 heteroatoms. The van der Waals surface area contributed by atoms with Gasteiger partial charge in [-0.05, 0) is 24.6 Å². The van der Waals surface area contributed by atoms with Gasteiger partial charge in [-0.3, -0.25) is 14.9 Å². The van der Waals surface area contributed by atoms with Crippen LogP contribution in [0.15, 0.2) is 54.6 Å². The summed E-state index contributed by atoms with van der Waals surface area (Å²) >= 11 is 5.91. The molecular weight excluding hydrogens is 360 g/mol. The zero-order valence-corrected chi connectivity index (χ0v) is 14.5. The van der Waals surface area contributed by atoms with Gasteiger partial charge in [0.1, 0.15) is 0 Å². The van der Waals surface area contributed by atoms with Gasteiger partial charge in [0.05, 0.1) is 15.6 Å². The lowest BCUT2D eigenvalue weighted by Gasteiger charge is -2.13. The predicted molar refractivity (Wildman–Crippen MR) is 97.8 cm³/mol. The molecule has 0 radical (unpaired) electrons. The van der Waals surface area contributed by atoms with E-state index in [9.17, 15) is 19.7 Å². The number of carbonyl (C=O) groups excluding carboxylic acids is 2. The Balaban J connectivity index is 1.94. The first-order valence-corrected chi connectivity index (χ1v) is 7.93. The molecule has 2 aromatic rings. The molecule has 7 nitrogen and oxygen atoms in total. The Bertz CT molecular complexity index is 852. The maximum absolute atomic E-state index is 12.1. The molecule has 1 atom stereocenters. The third kappa shape index (κ3) is 5.42. The zero-order chi connectivity index (χ0) is 19.1. The summed E-state index contributed by atoms with van der Waals surface area (Å²) in [4.78, 5) is 33.9. The first-order chi connectivity index (χ1) is 12.4. The van der Waals surface area contributed by atoms with Crippen molar-refractivity contribution in [2.75, 3.05) is 5.32 Å². The molecule has 0 saturated heterocycles. The fraction of sp³-hybridized carbons (Fsp3) is 0.111. The van der Waals surface area contributed by atoms with Crippen molar-refractivity contribution in [3.8, 4) is 0 Å². The minimum atomic E-state index is -1.07. The molecule has 0 spiro atoms. The van der Waals surface area contributed by atoms with Crippen LogP contribution in [0.5, 0.6) is 0 Å². The highest BCUT2D eigenvalue weighted by molar-refractivity contribution is 6.34. The van der Waals surface area contributed by atoms with E-state index in [1.54, 1.807) is 6.08 Å². The number of benzene rings is 2. The number of hydrogen-bond acceptors (Lipinski definition) is 5. The van der Waals surface area contributed by atoms with Crippen LogP contribution in [0.25, 0.3) is 6.08 Å². The monoisotopic (exact) mass is 374 g/mol. The number of esters is 1. The van der Waals surface area contributed by atoms with E-state index in [-0.39, 0.29) is 16.4 Å². The summed E-state index contributed by atoms with van der Waals surface area (Å²) in [6.45, 7) is 1.41. The number of nitro benzene ring substituents is 1. The average molecular weight is 375 g/mol. The van der Waals surface area contributed by atoms with Crippen molar-refractivity contribution < 1.29 is 19.2 Å². The number of halogens is 1. The summed E-state index contributed by atoms with van der Waals surface area (Å²) in [6.07, 6.45) is 1.71. The summed E-state index contributed by atoms with van der Waals surface area (Å²) in [5, 5.41) is 13.1. The molecule has 0 aliphatic rings. The molecule has 2 rings (SSSR count). The van der Waals surface area contributed by atoms with E-state index in [4.69, 9.17) is 16.3 Å². The molecular formula is C18H15ClN2O5. The van der Waals surface area contributed by atoms with E-state index in [1.807, 2.05) is 30.3 Å². The summed E-state index contributed by atoms with van der Waals surface area (Å²) in [7, 11) is 0. The van der Waals surface area contributed by atoms with Gasteiger partial charge in [-0.1, -0.05) is 41.9 Å². The van der Waals surface area contributed by atoms with Crippen molar-refractivity contribution in [2.24, 2.45) is 0 Å². The molecule has 0 aliphatic carbocycles. The number of nitrogens with zero attached hydrogens (tertiary/aromatic N) is 1. The summed E-state index contributed by atoms with van der Waals surface area (Å²) < 4.78 is 5.02. The molecule has 0 heterocycles. The van der Waals surface area contributed by atoms with Crippen molar-refractivity contribution >= 4 is 40.9 Å². The minimum absolute atomic E-state index is 0.00931. The number of carbonyl (C=O) groups is 2. The van der Waals surface area contributed by atoms with Crippen LogP contribution in [0.4, 0.5) is 11.4 Å². The highest BCUT2D eigenvalue weighted by Gasteiger charge is 2.18. The van der Waals surface area contributed by atoms with Gasteiger partial charge < -0.3 is 10.1 Å². The molecule has 0 saturated carbocycles. The third-order valence-corrected chi connectivity index (χ3v) is 3.61. The fourth-order valence-electron chi connectivity index (χ4n) is 1.95. The van der Waals surface area contributed by atoms with Crippen LogP contribution in [0, 0.1) is 10.1 Å². The second kappa shape index (κ2) is 8.77. The normalized spacial score (nSPS) is 11.8. The topological polar surface area (TPSA) is 98.5 Å². The lowest BCUT2D eigenvalue weighted by Crippen LogP contribution is -2.29. The van der Waals surface area contributed by atoms with Crippen molar-refractivity contribution in [3.63, 3.8) is 0 Å². The Morgan fingerprint density at radius 1 is 1.23 bits per heavy atom. The molecule has 134 valence electrons. The van der Waals surface area contributed by atoms with Crippen LogP contribution in [-0.4, -0.2) is 22.9 Å². The summed E-state index contributed by atoms with van der Waals surface area (Å²) in [6, 6.07) is 12.8. The van der Waals surface area contributed by atoms with Gasteiger partial charge >= 0.3 is 5.97 Å². The lowest BCUT2D eigenvalue weighted by molar-refractivity contribution is -0.384. The second-order valence-electron chi connectivity index (χ2n) is 5.23. The van der Waals surface area contributed by atoms with E-state index in [0.29, 0.717) is 0 Å². The summed E-state index contributed by atoms with van der Waals surface area (Å²) in [5.41, 5.74) is 0.808. The lowest BCUT2D eigenvalue weighted by atomic mass is 10.2. The SMILES string of the molecule is CC(OC(=O)/C=C/c1ccccc1)C(=O)Nc1ccc([N+](=O)[O-])cc1Cl. The quantitative estimate of drug-likeness (QED) is 0.358. The van der Waals surface area contributed by atoms with Crippen LogP contribution >= 0.6 is 11.6 Å². The first-order valence-electron chi connectivity index (χ1n) is 7.55. The highest BCUT2D eigenvalue weighted by Crippen LogP contribution is 2.26. The number of non-ortho nitro benzene ring substituents is 1. The van der Waals surface area contributed by atoms with E-state index < -0.39 is 22.9 Å². The Morgan fingerprint density at radius 3 is 2.54 bits per heavy atom. The van der Waals surface area contributed by atoms with E-state index >= 15 is 0 Å². The number of nitrogens with one attached hydrogen (secondary N) is 1. The van der Waals surface area contributed by atoms with Gasteiger partial charge in [-0.25, -0.2) is 4.79 Å². The third-order valence-electron chi connectivity index (χ3n) is 3.29. The molecule has 1 N–H and O–H groups in total. The largest absolute Gasteiger partial charge is 0.449 e. The fourth-order valence-corrected chi connectivity index (χ4v) is 2.17. The Labute approximate surface area is 154 Å². The molecule has 26 heavy (non-hydrogen) atoms.